The van der Waals surface area contributed by atoms with Crippen LogP contribution in [0.15, 0.2) is 54.6 Å². The second-order valence-electron chi connectivity index (χ2n) is 5.97. The Labute approximate surface area is 159 Å². The van der Waals surface area contributed by atoms with Crippen LogP contribution in [-0.4, -0.2) is 30.7 Å². The van der Waals surface area contributed by atoms with Gasteiger partial charge in [0.05, 0.1) is 14.2 Å². The first kappa shape index (κ1) is 18.5. The van der Waals surface area contributed by atoms with Crippen molar-refractivity contribution in [3.8, 4) is 11.5 Å². The molecule has 3 rings (SSSR count). The lowest BCUT2D eigenvalue weighted by Crippen LogP contribution is -2.18. The van der Waals surface area contributed by atoms with Crippen molar-refractivity contribution in [1.82, 2.24) is 9.97 Å². The van der Waals surface area contributed by atoms with Crippen LogP contribution in [0.2, 0.25) is 0 Å². The van der Waals surface area contributed by atoms with Gasteiger partial charge in [0.1, 0.15) is 5.82 Å². The maximum atomic E-state index is 5.36. The van der Waals surface area contributed by atoms with Crippen LogP contribution in [0, 0.1) is 6.92 Å². The zero-order chi connectivity index (χ0) is 19.2. The van der Waals surface area contributed by atoms with Crippen LogP contribution in [0.4, 0.5) is 23.1 Å². The third kappa shape index (κ3) is 4.28. The Hall–Kier alpha value is -3.28. The lowest BCUT2D eigenvalue weighted by Gasteiger charge is -2.23. The molecule has 3 aromatic rings. The summed E-state index contributed by atoms with van der Waals surface area (Å²) in [5.41, 5.74) is 2.81. The molecule has 0 radical (unpaired) electrons. The summed E-state index contributed by atoms with van der Waals surface area (Å²) >= 11 is 0. The van der Waals surface area contributed by atoms with Crippen molar-refractivity contribution in [2.45, 2.75) is 13.8 Å². The van der Waals surface area contributed by atoms with Crippen LogP contribution in [0.3, 0.4) is 0 Å². The fourth-order valence-electron chi connectivity index (χ4n) is 2.87. The van der Waals surface area contributed by atoms with Crippen LogP contribution in [0.1, 0.15) is 12.6 Å². The van der Waals surface area contributed by atoms with Gasteiger partial charge >= 0.3 is 0 Å². The number of rotatable bonds is 7. The van der Waals surface area contributed by atoms with Crippen molar-refractivity contribution in [2.75, 3.05) is 31.0 Å². The van der Waals surface area contributed by atoms with Crippen molar-refractivity contribution in [3.63, 3.8) is 0 Å². The summed E-state index contributed by atoms with van der Waals surface area (Å²) in [6.45, 7) is 4.87. The predicted octanol–water partition coefficient (Wildman–Crippen LogP) is 4.70. The molecule has 0 unspecified atom stereocenters. The quantitative estimate of drug-likeness (QED) is 0.655. The lowest BCUT2D eigenvalue weighted by atomic mass is 10.2. The number of methoxy groups -OCH3 is 2. The van der Waals surface area contributed by atoms with Crippen LogP contribution in [0.5, 0.6) is 11.5 Å². The van der Waals surface area contributed by atoms with Gasteiger partial charge in [-0.05, 0) is 38.1 Å². The third-order valence-corrected chi connectivity index (χ3v) is 4.14. The maximum Gasteiger partial charge on any atom is 0.229 e. The van der Waals surface area contributed by atoms with Gasteiger partial charge in [0.15, 0.2) is 11.5 Å². The minimum absolute atomic E-state index is 0.534. The molecule has 1 heterocycles. The number of anilines is 4. The van der Waals surface area contributed by atoms with Crippen LogP contribution < -0.4 is 19.7 Å². The van der Waals surface area contributed by atoms with Gasteiger partial charge in [-0.25, -0.2) is 4.98 Å². The maximum absolute atomic E-state index is 5.36. The highest BCUT2D eigenvalue weighted by Crippen LogP contribution is 2.31. The molecule has 0 saturated carbocycles. The fraction of sp³-hybridized carbons (Fsp3) is 0.238. The van der Waals surface area contributed by atoms with Gasteiger partial charge < -0.3 is 19.7 Å². The summed E-state index contributed by atoms with van der Waals surface area (Å²) in [7, 11) is 3.23. The molecule has 2 aromatic carbocycles. The van der Waals surface area contributed by atoms with Crippen molar-refractivity contribution in [3.05, 3.63) is 60.3 Å². The molecule has 0 aliphatic carbocycles. The zero-order valence-electron chi connectivity index (χ0n) is 16.1. The summed E-state index contributed by atoms with van der Waals surface area (Å²) in [4.78, 5) is 11.4. The molecule has 6 heteroatoms. The minimum Gasteiger partial charge on any atom is -0.493 e. The van der Waals surface area contributed by atoms with E-state index in [4.69, 9.17) is 14.5 Å². The standard InChI is InChI=1S/C21H24N4O2/c1-5-25(17-9-7-6-8-10-17)20-13-15(2)22-21(24-20)23-16-11-12-18(26-3)19(14-16)27-4/h6-14H,5H2,1-4H3,(H,22,23,24). The van der Waals surface area contributed by atoms with E-state index in [1.54, 1.807) is 14.2 Å². The molecule has 0 spiro atoms. The number of hydrogen-bond acceptors (Lipinski definition) is 6. The van der Waals surface area contributed by atoms with Gasteiger partial charge in [-0.15, -0.1) is 0 Å². The first-order valence-electron chi connectivity index (χ1n) is 8.82. The number of ether oxygens (including phenoxy) is 2. The third-order valence-electron chi connectivity index (χ3n) is 4.14. The largest absolute Gasteiger partial charge is 0.493 e. The second-order valence-corrected chi connectivity index (χ2v) is 5.97. The van der Waals surface area contributed by atoms with Crippen molar-refractivity contribution >= 4 is 23.1 Å². The number of nitrogens with one attached hydrogen (secondary N) is 1. The van der Waals surface area contributed by atoms with Crippen molar-refractivity contribution in [2.24, 2.45) is 0 Å². The lowest BCUT2D eigenvalue weighted by molar-refractivity contribution is 0.355. The Morgan fingerprint density at radius 1 is 0.926 bits per heavy atom. The normalized spacial score (nSPS) is 10.4. The molecule has 0 aliphatic rings. The highest BCUT2D eigenvalue weighted by atomic mass is 16.5. The first-order valence-corrected chi connectivity index (χ1v) is 8.82. The molecule has 140 valence electrons. The highest BCUT2D eigenvalue weighted by Gasteiger charge is 2.12. The topological polar surface area (TPSA) is 59.5 Å². The molecule has 1 aromatic heterocycles. The molecule has 0 bridgehead atoms. The summed E-state index contributed by atoms with van der Waals surface area (Å²) in [6, 6.07) is 17.8. The molecular weight excluding hydrogens is 340 g/mol. The fourth-order valence-corrected chi connectivity index (χ4v) is 2.87. The summed E-state index contributed by atoms with van der Waals surface area (Å²) < 4.78 is 10.6. The molecule has 0 saturated heterocycles. The Kier molecular flexibility index (Phi) is 5.76. The number of benzene rings is 2. The highest BCUT2D eigenvalue weighted by molar-refractivity contribution is 5.64. The summed E-state index contributed by atoms with van der Waals surface area (Å²) in [6.07, 6.45) is 0. The van der Waals surface area contributed by atoms with E-state index in [0.717, 1.165) is 29.4 Å². The number of aryl methyl sites for hydroxylation is 1. The van der Waals surface area contributed by atoms with Gasteiger partial charge in [-0.2, -0.15) is 4.98 Å². The SMILES string of the molecule is CCN(c1ccccc1)c1cc(C)nc(Nc2ccc(OC)c(OC)c2)n1. The Morgan fingerprint density at radius 2 is 1.67 bits per heavy atom. The van der Waals surface area contributed by atoms with Gasteiger partial charge in [-0.1, -0.05) is 18.2 Å². The molecule has 1 N–H and O–H groups in total. The van der Waals surface area contributed by atoms with Crippen LogP contribution in [0.25, 0.3) is 0 Å². The molecular formula is C21H24N4O2. The van der Waals surface area contributed by atoms with E-state index < -0.39 is 0 Å². The first-order chi connectivity index (χ1) is 13.1. The van der Waals surface area contributed by atoms with Gasteiger partial charge in [0.2, 0.25) is 5.95 Å². The van der Waals surface area contributed by atoms with Gasteiger partial charge in [0, 0.05) is 35.7 Å². The van der Waals surface area contributed by atoms with Crippen molar-refractivity contribution < 1.29 is 9.47 Å². The average molecular weight is 364 g/mol. The van der Waals surface area contributed by atoms with Crippen LogP contribution >= 0.6 is 0 Å². The average Bonchev–Trinajstić information content (AvgIpc) is 2.69. The van der Waals surface area contributed by atoms with E-state index in [9.17, 15) is 0 Å². The van der Waals surface area contributed by atoms with E-state index in [1.807, 2.05) is 49.4 Å². The van der Waals surface area contributed by atoms with E-state index in [0.29, 0.717) is 17.4 Å². The van der Waals surface area contributed by atoms with E-state index in [2.05, 4.69) is 34.3 Å². The zero-order valence-corrected chi connectivity index (χ0v) is 16.1. The summed E-state index contributed by atoms with van der Waals surface area (Å²) in [5, 5.41) is 3.26. The molecule has 0 aliphatic heterocycles. The molecule has 27 heavy (non-hydrogen) atoms. The van der Waals surface area contributed by atoms with E-state index >= 15 is 0 Å². The molecule has 0 atom stereocenters. The number of nitrogens with zero attached hydrogens (tertiary/aromatic N) is 3. The number of hydrogen-bond donors (Lipinski definition) is 1. The Bertz CT molecular complexity index is 900. The predicted molar refractivity (Wildman–Crippen MR) is 109 cm³/mol. The van der Waals surface area contributed by atoms with E-state index in [1.165, 1.54) is 0 Å². The van der Waals surface area contributed by atoms with Crippen LogP contribution in [-0.2, 0) is 0 Å². The van der Waals surface area contributed by atoms with Crippen molar-refractivity contribution in [1.29, 1.82) is 0 Å². The minimum atomic E-state index is 0.534. The molecule has 0 amide bonds. The number of aromatic nitrogens is 2. The van der Waals surface area contributed by atoms with Gasteiger partial charge in [-0.3, -0.25) is 0 Å². The summed E-state index contributed by atoms with van der Waals surface area (Å²) in [5.74, 6) is 2.70. The monoisotopic (exact) mass is 364 g/mol. The Morgan fingerprint density at radius 3 is 2.33 bits per heavy atom. The molecule has 0 fully saturated rings. The molecule has 6 nitrogen and oxygen atoms in total. The smallest absolute Gasteiger partial charge is 0.229 e. The van der Waals surface area contributed by atoms with Gasteiger partial charge in [0.25, 0.3) is 0 Å². The Balaban J connectivity index is 1.91. The second kappa shape index (κ2) is 8.40. The number of para-hydroxylation sites is 1. The van der Waals surface area contributed by atoms with E-state index in [-0.39, 0.29) is 0 Å².